The zero-order chi connectivity index (χ0) is 11.6. The monoisotopic (exact) mass is 230 g/mol. The van der Waals surface area contributed by atoms with E-state index in [4.69, 9.17) is 11.6 Å². The van der Waals surface area contributed by atoms with Gasteiger partial charge in [0.1, 0.15) is 5.82 Å². The van der Waals surface area contributed by atoms with Crippen molar-refractivity contribution in [2.45, 2.75) is 33.3 Å². The standard InChI is InChI=1S/C12H16ClFO/c1-12(2,3)11(15)6-8-4-5-9(13)7-10(8)14/h4-5,7,11,15H,6H2,1-3H3. The molecule has 1 nitrogen and oxygen atoms in total. The molecule has 0 aliphatic rings. The van der Waals surface area contributed by atoms with E-state index in [0.29, 0.717) is 17.0 Å². The average molecular weight is 231 g/mol. The van der Waals surface area contributed by atoms with Gasteiger partial charge in [-0.25, -0.2) is 4.39 Å². The van der Waals surface area contributed by atoms with Crippen molar-refractivity contribution in [1.29, 1.82) is 0 Å². The Hall–Kier alpha value is -0.600. The lowest BCUT2D eigenvalue weighted by Crippen LogP contribution is -2.28. The van der Waals surface area contributed by atoms with Crippen molar-refractivity contribution in [3.8, 4) is 0 Å². The molecule has 0 bridgehead atoms. The maximum atomic E-state index is 13.4. The van der Waals surface area contributed by atoms with E-state index in [1.165, 1.54) is 6.07 Å². The molecule has 3 heteroatoms. The lowest BCUT2D eigenvalue weighted by Gasteiger charge is -2.25. The molecule has 84 valence electrons. The van der Waals surface area contributed by atoms with E-state index in [1.54, 1.807) is 12.1 Å². The highest BCUT2D eigenvalue weighted by Crippen LogP contribution is 2.24. The number of hydrogen-bond donors (Lipinski definition) is 1. The zero-order valence-electron chi connectivity index (χ0n) is 9.22. The minimum Gasteiger partial charge on any atom is -0.392 e. The van der Waals surface area contributed by atoms with Gasteiger partial charge in [0.15, 0.2) is 0 Å². The predicted molar refractivity (Wildman–Crippen MR) is 60.6 cm³/mol. The van der Waals surface area contributed by atoms with Crippen LogP contribution in [0.1, 0.15) is 26.3 Å². The molecule has 1 unspecified atom stereocenters. The van der Waals surface area contributed by atoms with Gasteiger partial charge >= 0.3 is 0 Å². The molecule has 1 rings (SSSR count). The van der Waals surface area contributed by atoms with Crippen LogP contribution in [0.3, 0.4) is 0 Å². The van der Waals surface area contributed by atoms with Crippen molar-refractivity contribution < 1.29 is 9.50 Å². The Morgan fingerprint density at radius 1 is 1.40 bits per heavy atom. The number of aliphatic hydroxyl groups excluding tert-OH is 1. The van der Waals surface area contributed by atoms with Gasteiger partial charge in [0, 0.05) is 11.4 Å². The maximum absolute atomic E-state index is 13.4. The fraction of sp³-hybridized carbons (Fsp3) is 0.500. The summed E-state index contributed by atoms with van der Waals surface area (Å²) in [5.41, 5.74) is 0.258. The molecule has 0 heterocycles. The summed E-state index contributed by atoms with van der Waals surface area (Å²) in [5, 5.41) is 10.2. The van der Waals surface area contributed by atoms with Crippen molar-refractivity contribution in [1.82, 2.24) is 0 Å². The van der Waals surface area contributed by atoms with E-state index in [9.17, 15) is 9.50 Å². The Morgan fingerprint density at radius 2 is 2.00 bits per heavy atom. The average Bonchev–Trinajstić information content (AvgIpc) is 2.08. The summed E-state index contributed by atoms with van der Waals surface area (Å²) < 4.78 is 13.4. The van der Waals surface area contributed by atoms with Crippen molar-refractivity contribution in [2.24, 2.45) is 5.41 Å². The number of rotatable bonds is 2. The van der Waals surface area contributed by atoms with Gasteiger partial charge in [-0.05, 0) is 23.1 Å². The van der Waals surface area contributed by atoms with Crippen LogP contribution >= 0.6 is 11.6 Å². The molecular weight excluding hydrogens is 215 g/mol. The first kappa shape index (κ1) is 12.5. The van der Waals surface area contributed by atoms with Crippen LogP contribution < -0.4 is 0 Å². The molecule has 15 heavy (non-hydrogen) atoms. The van der Waals surface area contributed by atoms with Crippen LogP contribution in [-0.2, 0) is 6.42 Å². The molecule has 0 amide bonds. The largest absolute Gasteiger partial charge is 0.392 e. The molecule has 0 aliphatic heterocycles. The Labute approximate surface area is 94.9 Å². The molecule has 0 fully saturated rings. The Balaban J connectivity index is 2.82. The normalized spacial score (nSPS) is 14.0. The predicted octanol–water partition coefficient (Wildman–Crippen LogP) is 3.43. The highest BCUT2D eigenvalue weighted by Gasteiger charge is 2.23. The van der Waals surface area contributed by atoms with Gasteiger partial charge in [0.25, 0.3) is 0 Å². The summed E-state index contributed by atoms with van der Waals surface area (Å²) in [7, 11) is 0. The molecule has 0 saturated heterocycles. The number of hydrogen-bond acceptors (Lipinski definition) is 1. The smallest absolute Gasteiger partial charge is 0.127 e. The summed E-state index contributed by atoms with van der Waals surface area (Å²) in [6.45, 7) is 5.77. The van der Waals surface area contributed by atoms with E-state index >= 15 is 0 Å². The summed E-state index contributed by atoms with van der Waals surface area (Å²) in [5.74, 6) is -0.356. The molecule has 0 aromatic heterocycles. The summed E-state index contributed by atoms with van der Waals surface area (Å²) in [4.78, 5) is 0. The second-order valence-corrected chi connectivity index (χ2v) is 5.26. The fourth-order valence-corrected chi connectivity index (χ4v) is 1.36. The van der Waals surface area contributed by atoms with Gasteiger partial charge in [-0.3, -0.25) is 0 Å². The van der Waals surface area contributed by atoms with Crippen LogP contribution in [0.4, 0.5) is 4.39 Å². The second-order valence-electron chi connectivity index (χ2n) is 4.82. The maximum Gasteiger partial charge on any atom is 0.127 e. The molecule has 0 spiro atoms. The SMILES string of the molecule is CC(C)(C)C(O)Cc1ccc(Cl)cc1F. The van der Waals surface area contributed by atoms with Crippen molar-refractivity contribution >= 4 is 11.6 Å². The van der Waals surface area contributed by atoms with Crippen LogP contribution in [0.5, 0.6) is 0 Å². The van der Waals surface area contributed by atoms with Crippen LogP contribution in [0.15, 0.2) is 18.2 Å². The third-order valence-electron chi connectivity index (χ3n) is 2.43. The highest BCUT2D eigenvalue weighted by atomic mass is 35.5. The van der Waals surface area contributed by atoms with Gasteiger partial charge in [-0.2, -0.15) is 0 Å². The van der Waals surface area contributed by atoms with Gasteiger partial charge in [-0.1, -0.05) is 38.4 Å². The van der Waals surface area contributed by atoms with Crippen molar-refractivity contribution in [3.05, 3.63) is 34.6 Å². The third kappa shape index (κ3) is 3.47. The van der Waals surface area contributed by atoms with Crippen LogP contribution in [0, 0.1) is 11.2 Å². The Bertz CT molecular complexity index is 344. The second kappa shape index (κ2) is 4.50. The molecule has 1 aromatic carbocycles. The highest BCUT2D eigenvalue weighted by molar-refractivity contribution is 6.30. The molecule has 1 N–H and O–H groups in total. The summed E-state index contributed by atoms with van der Waals surface area (Å²) in [6.07, 6.45) is -0.250. The first-order valence-corrected chi connectivity index (χ1v) is 5.30. The van der Waals surface area contributed by atoms with Gasteiger partial charge in [0.2, 0.25) is 0 Å². The van der Waals surface area contributed by atoms with Gasteiger partial charge < -0.3 is 5.11 Å². The van der Waals surface area contributed by atoms with Crippen LogP contribution in [-0.4, -0.2) is 11.2 Å². The molecule has 0 radical (unpaired) electrons. The lowest BCUT2D eigenvalue weighted by molar-refractivity contribution is 0.0629. The lowest BCUT2D eigenvalue weighted by atomic mass is 9.85. The Kier molecular flexibility index (Phi) is 3.74. The molecule has 1 atom stereocenters. The number of benzene rings is 1. The minimum absolute atomic E-state index is 0.244. The van der Waals surface area contributed by atoms with Crippen LogP contribution in [0.2, 0.25) is 5.02 Å². The van der Waals surface area contributed by atoms with E-state index < -0.39 is 6.10 Å². The summed E-state index contributed by atoms with van der Waals surface area (Å²) >= 11 is 5.64. The number of aliphatic hydroxyl groups is 1. The van der Waals surface area contributed by atoms with Crippen LogP contribution in [0.25, 0.3) is 0 Å². The number of halogens is 2. The Morgan fingerprint density at radius 3 is 2.47 bits per heavy atom. The fourth-order valence-electron chi connectivity index (χ4n) is 1.20. The topological polar surface area (TPSA) is 20.2 Å². The van der Waals surface area contributed by atoms with E-state index in [1.807, 2.05) is 20.8 Å². The molecule has 1 aromatic rings. The first-order valence-electron chi connectivity index (χ1n) is 4.92. The molecule has 0 saturated carbocycles. The van der Waals surface area contributed by atoms with E-state index in [2.05, 4.69) is 0 Å². The molecular formula is C12H16ClFO. The van der Waals surface area contributed by atoms with E-state index in [0.717, 1.165) is 0 Å². The minimum atomic E-state index is -0.562. The quantitative estimate of drug-likeness (QED) is 0.826. The van der Waals surface area contributed by atoms with Gasteiger partial charge in [0.05, 0.1) is 6.10 Å². The third-order valence-corrected chi connectivity index (χ3v) is 2.66. The summed E-state index contributed by atoms with van der Waals surface area (Å²) in [6, 6.07) is 4.52. The van der Waals surface area contributed by atoms with E-state index in [-0.39, 0.29) is 11.2 Å². The van der Waals surface area contributed by atoms with Crippen molar-refractivity contribution in [3.63, 3.8) is 0 Å². The van der Waals surface area contributed by atoms with Crippen molar-refractivity contribution in [2.75, 3.05) is 0 Å². The first-order chi connectivity index (χ1) is 6.80. The molecule has 0 aliphatic carbocycles. The zero-order valence-corrected chi connectivity index (χ0v) is 9.98. The van der Waals surface area contributed by atoms with Gasteiger partial charge in [-0.15, -0.1) is 0 Å².